The number of nitrogens with two attached hydrogens (primary N) is 1. The highest BCUT2D eigenvalue weighted by molar-refractivity contribution is 5.69. The highest BCUT2D eigenvalue weighted by atomic mass is 16.5. The van der Waals surface area contributed by atoms with Crippen molar-refractivity contribution in [1.29, 1.82) is 0 Å². The molecule has 1 aromatic rings. The fourth-order valence-electron chi connectivity index (χ4n) is 2.02. The van der Waals surface area contributed by atoms with Crippen molar-refractivity contribution in [2.75, 3.05) is 0 Å². The van der Waals surface area contributed by atoms with Crippen LogP contribution in [-0.4, -0.2) is 17.7 Å². The van der Waals surface area contributed by atoms with Gasteiger partial charge in [0.25, 0.3) is 0 Å². The number of benzene rings is 1. The van der Waals surface area contributed by atoms with E-state index >= 15 is 0 Å². The van der Waals surface area contributed by atoms with Crippen LogP contribution in [0.5, 0.6) is 0 Å². The van der Waals surface area contributed by atoms with E-state index in [1.807, 2.05) is 38.1 Å². The summed E-state index contributed by atoms with van der Waals surface area (Å²) >= 11 is 0. The molecule has 0 unspecified atom stereocenters. The molecule has 0 aromatic heterocycles. The summed E-state index contributed by atoms with van der Waals surface area (Å²) in [4.78, 5) is 11.7. The third-order valence-corrected chi connectivity index (χ3v) is 3.46. The molecule has 1 saturated carbocycles. The van der Waals surface area contributed by atoms with Crippen LogP contribution in [-0.2, 0) is 11.3 Å². The predicted molar refractivity (Wildman–Crippen MR) is 70.1 cm³/mol. The van der Waals surface area contributed by atoms with Gasteiger partial charge in [-0.1, -0.05) is 29.8 Å². The second-order valence-electron chi connectivity index (χ2n) is 5.13. The number of hydrogen-bond donors (Lipinski definition) is 2. The molecule has 98 valence electrons. The van der Waals surface area contributed by atoms with Crippen LogP contribution in [0.15, 0.2) is 24.3 Å². The molecule has 0 spiro atoms. The van der Waals surface area contributed by atoms with Crippen LogP contribution in [0.25, 0.3) is 0 Å². The van der Waals surface area contributed by atoms with Gasteiger partial charge in [0.1, 0.15) is 6.61 Å². The molecule has 0 heterocycles. The quantitative estimate of drug-likeness (QED) is 0.857. The van der Waals surface area contributed by atoms with Crippen molar-refractivity contribution in [1.82, 2.24) is 5.32 Å². The van der Waals surface area contributed by atoms with Crippen molar-refractivity contribution < 1.29 is 9.53 Å². The van der Waals surface area contributed by atoms with E-state index in [-0.39, 0.29) is 17.7 Å². The lowest BCUT2D eigenvalue weighted by atomic mass is 10.1. The summed E-state index contributed by atoms with van der Waals surface area (Å²) in [6, 6.07) is 7.88. The van der Waals surface area contributed by atoms with E-state index in [2.05, 4.69) is 5.32 Å². The zero-order valence-corrected chi connectivity index (χ0v) is 10.9. The van der Waals surface area contributed by atoms with Crippen LogP contribution < -0.4 is 11.1 Å². The maximum Gasteiger partial charge on any atom is 0.407 e. The number of rotatable bonds is 4. The molecule has 2 rings (SSSR count). The average Bonchev–Trinajstić information content (AvgIpc) is 3.08. The Kier molecular flexibility index (Phi) is 3.57. The zero-order chi connectivity index (χ0) is 13.2. The molecule has 4 nitrogen and oxygen atoms in total. The summed E-state index contributed by atoms with van der Waals surface area (Å²) in [6.45, 7) is 4.22. The summed E-state index contributed by atoms with van der Waals surface area (Å²) in [5.74, 6) is 0. The van der Waals surface area contributed by atoms with Gasteiger partial charge in [-0.05, 0) is 32.3 Å². The molecular weight excluding hydrogens is 228 g/mol. The Hall–Kier alpha value is -1.55. The Bertz CT molecular complexity index is 439. The lowest BCUT2D eigenvalue weighted by Crippen LogP contribution is -2.48. The van der Waals surface area contributed by atoms with Crippen LogP contribution in [0.2, 0.25) is 0 Å². The van der Waals surface area contributed by atoms with Crippen LogP contribution >= 0.6 is 0 Å². The summed E-state index contributed by atoms with van der Waals surface area (Å²) < 4.78 is 5.20. The van der Waals surface area contributed by atoms with Gasteiger partial charge in [-0.3, -0.25) is 0 Å². The standard InChI is InChI=1S/C14H20N2O2/c1-10-4-3-5-12(8-10)9-18-13(17)16-14(6-7-14)11(2)15/h3-5,8,11H,6-7,9,15H2,1-2H3,(H,16,17)/t11-/m0/s1. The molecule has 1 fully saturated rings. The van der Waals surface area contributed by atoms with Gasteiger partial charge in [0, 0.05) is 6.04 Å². The summed E-state index contributed by atoms with van der Waals surface area (Å²) in [7, 11) is 0. The molecular formula is C14H20N2O2. The van der Waals surface area contributed by atoms with Crippen molar-refractivity contribution in [3.8, 4) is 0 Å². The lowest BCUT2D eigenvalue weighted by Gasteiger charge is -2.20. The molecule has 18 heavy (non-hydrogen) atoms. The summed E-state index contributed by atoms with van der Waals surface area (Å²) in [5, 5.41) is 2.87. The summed E-state index contributed by atoms with van der Waals surface area (Å²) in [6.07, 6.45) is 1.49. The molecule has 3 N–H and O–H groups in total. The van der Waals surface area contributed by atoms with E-state index in [1.165, 1.54) is 0 Å². The van der Waals surface area contributed by atoms with Crippen LogP contribution in [0.4, 0.5) is 4.79 Å². The van der Waals surface area contributed by atoms with Crippen molar-refractivity contribution in [2.45, 2.75) is 44.9 Å². The lowest BCUT2D eigenvalue weighted by molar-refractivity contribution is 0.132. The number of carbonyl (C=O) groups is 1. The fraction of sp³-hybridized carbons (Fsp3) is 0.500. The van der Waals surface area contributed by atoms with E-state index in [4.69, 9.17) is 10.5 Å². The summed E-state index contributed by atoms with van der Waals surface area (Å²) in [5.41, 5.74) is 7.76. The van der Waals surface area contributed by atoms with Gasteiger partial charge >= 0.3 is 6.09 Å². The van der Waals surface area contributed by atoms with Crippen molar-refractivity contribution in [3.05, 3.63) is 35.4 Å². The second kappa shape index (κ2) is 4.98. The fourth-order valence-corrected chi connectivity index (χ4v) is 2.02. The minimum atomic E-state index is -0.383. The van der Waals surface area contributed by atoms with Crippen molar-refractivity contribution in [3.63, 3.8) is 0 Å². The number of alkyl carbamates (subject to hydrolysis) is 1. The van der Waals surface area contributed by atoms with Crippen LogP contribution in [0.1, 0.15) is 30.9 Å². The van der Waals surface area contributed by atoms with E-state index in [0.29, 0.717) is 6.61 Å². The highest BCUT2D eigenvalue weighted by Gasteiger charge is 2.47. The van der Waals surface area contributed by atoms with Gasteiger partial charge < -0.3 is 15.8 Å². The molecule has 0 bridgehead atoms. The molecule has 0 aliphatic heterocycles. The van der Waals surface area contributed by atoms with Crippen molar-refractivity contribution in [2.24, 2.45) is 5.73 Å². The van der Waals surface area contributed by atoms with Gasteiger partial charge in [-0.15, -0.1) is 0 Å². The molecule has 0 saturated heterocycles. The number of aryl methyl sites for hydroxylation is 1. The first-order valence-electron chi connectivity index (χ1n) is 6.28. The zero-order valence-electron chi connectivity index (χ0n) is 10.9. The van der Waals surface area contributed by atoms with E-state index in [1.54, 1.807) is 0 Å². The largest absolute Gasteiger partial charge is 0.445 e. The number of hydrogen-bond acceptors (Lipinski definition) is 3. The minimum Gasteiger partial charge on any atom is -0.445 e. The van der Waals surface area contributed by atoms with Gasteiger partial charge in [0.05, 0.1) is 5.54 Å². The maximum atomic E-state index is 11.7. The Morgan fingerprint density at radius 1 is 1.56 bits per heavy atom. The second-order valence-corrected chi connectivity index (χ2v) is 5.13. The van der Waals surface area contributed by atoms with Gasteiger partial charge in [0.2, 0.25) is 0 Å². The first kappa shape index (κ1) is 12.9. The van der Waals surface area contributed by atoms with E-state index in [9.17, 15) is 4.79 Å². The number of amides is 1. The topological polar surface area (TPSA) is 64.3 Å². The number of carbonyl (C=O) groups excluding carboxylic acids is 1. The van der Waals surface area contributed by atoms with E-state index in [0.717, 1.165) is 24.0 Å². The third kappa shape index (κ3) is 3.01. The van der Waals surface area contributed by atoms with E-state index < -0.39 is 0 Å². The first-order valence-corrected chi connectivity index (χ1v) is 6.28. The minimum absolute atomic E-state index is 0.0379. The Labute approximate surface area is 108 Å². The first-order chi connectivity index (χ1) is 8.52. The van der Waals surface area contributed by atoms with Crippen LogP contribution in [0.3, 0.4) is 0 Å². The third-order valence-electron chi connectivity index (χ3n) is 3.46. The predicted octanol–water partition coefficient (Wildman–Crippen LogP) is 2.10. The molecule has 1 aliphatic rings. The SMILES string of the molecule is Cc1cccc(COC(=O)NC2([C@H](C)N)CC2)c1. The van der Waals surface area contributed by atoms with Gasteiger partial charge in [-0.2, -0.15) is 0 Å². The van der Waals surface area contributed by atoms with Gasteiger partial charge in [0.15, 0.2) is 0 Å². The smallest absolute Gasteiger partial charge is 0.407 e. The number of ether oxygens (including phenoxy) is 1. The normalized spacial score (nSPS) is 17.9. The highest BCUT2D eigenvalue weighted by Crippen LogP contribution is 2.37. The number of nitrogens with one attached hydrogen (secondary N) is 1. The molecule has 1 amide bonds. The van der Waals surface area contributed by atoms with Crippen LogP contribution in [0, 0.1) is 6.92 Å². The molecule has 1 atom stereocenters. The maximum absolute atomic E-state index is 11.7. The monoisotopic (exact) mass is 248 g/mol. The Balaban J connectivity index is 1.82. The Morgan fingerprint density at radius 2 is 2.28 bits per heavy atom. The molecule has 1 aromatic carbocycles. The average molecular weight is 248 g/mol. The van der Waals surface area contributed by atoms with Gasteiger partial charge in [-0.25, -0.2) is 4.79 Å². The molecule has 4 heteroatoms. The molecule has 0 radical (unpaired) electrons. The Morgan fingerprint density at radius 3 is 2.83 bits per heavy atom. The van der Waals surface area contributed by atoms with Crippen molar-refractivity contribution >= 4 is 6.09 Å². The molecule has 1 aliphatic carbocycles.